The molecule has 3 N–H and O–H groups in total. The second-order valence-electron chi connectivity index (χ2n) is 13.2. The maximum absolute atomic E-state index is 13.5. The highest BCUT2D eigenvalue weighted by Gasteiger charge is 2.43. The second-order valence-corrected chi connectivity index (χ2v) is 15.1. The highest BCUT2D eigenvalue weighted by molar-refractivity contribution is 7.92. The maximum atomic E-state index is 13.5. The molecular weight excluding hydrogens is 580 g/mol. The van der Waals surface area contributed by atoms with Crippen molar-refractivity contribution in [3.8, 4) is 0 Å². The van der Waals surface area contributed by atoms with E-state index in [1.54, 1.807) is 42.5 Å². The Morgan fingerprint density at radius 3 is 2.30 bits per heavy atom. The molecule has 1 aromatic heterocycles. The van der Waals surface area contributed by atoms with Gasteiger partial charge in [-0.1, -0.05) is 18.6 Å². The molecule has 1 amide bonds. The van der Waals surface area contributed by atoms with Crippen molar-refractivity contribution < 1.29 is 28.2 Å². The van der Waals surface area contributed by atoms with Crippen LogP contribution in [0.2, 0.25) is 0 Å². The Labute approximate surface area is 259 Å². The molecule has 0 unspecified atom stereocenters. The molecule has 0 spiro atoms. The quantitative estimate of drug-likeness (QED) is 0.329. The van der Waals surface area contributed by atoms with Crippen LogP contribution in [-0.4, -0.2) is 58.7 Å². The molecule has 5 rings (SSSR count). The van der Waals surface area contributed by atoms with Crippen LogP contribution in [0, 0.1) is 24.7 Å². The zero-order chi connectivity index (χ0) is 32.0. The number of aromatic nitrogens is 2. The number of hydrogen-bond acceptors (Lipinski definition) is 6. The summed E-state index contributed by atoms with van der Waals surface area (Å²) in [5, 5.41) is 23.8. The summed E-state index contributed by atoms with van der Waals surface area (Å²) >= 11 is 0. The Balaban J connectivity index is 1.30. The highest BCUT2D eigenvalue weighted by Crippen LogP contribution is 2.43. The summed E-state index contributed by atoms with van der Waals surface area (Å²) in [5.41, 5.74) is 1.93. The minimum absolute atomic E-state index is 0.0184. The summed E-state index contributed by atoms with van der Waals surface area (Å²) in [5.74, 6) is -2.12. The van der Waals surface area contributed by atoms with Crippen molar-refractivity contribution in [2.75, 3.05) is 11.4 Å². The molecule has 3 aromatic rings. The number of rotatable bonds is 8. The molecule has 238 valence electrons. The summed E-state index contributed by atoms with van der Waals surface area (Å²) in [4.78, 5) is 30.6. The number of aliphatic hydroxyl groups is 1. The Hall–Kier alpha value is -3.44. The molecule has 11 heteroatoms. The van der Waals surface area contributed by atoms with Gasteiger partial charge in [0, 0.05) is 20.1 Å². The number of aliphatic carboxylic acids is 1. The van der Waals surface area contributed by atoms with Gasteiger partial charge in [-0.25, -0.2) is 13.4 Å². The van der Waals surface area contributed by atoms with Crippen molar-refractivity contribution in [2.45, 2.75) is 88.2 Å². The molecule has 0 aliphatic heterocycles. The molecule has 0 bridgehead atoms. The zero-order valence-corrected chi connectivity index (χ0v) is 27.0. The number of carboxylic acids is 1. The van der Waals surface area contributed by atoms with Gasteiger partial charge in [-0.05, 0) is 107 Å². The molecule has 1 heterocycles. The summed E-state index contributed by atoms with van der Waals surface area (Å²) in [6, 6.07) is 11.8. The lowest BCUT2D eigenvalue weighted by Crippen LogP contribution is -2.47. The van der Waals surface area contributed by atoms with Gasteiger partial charge in [0.05, 0.1) is 39.1 Å². The van der Waals surface area contributed by atoms with Crippen molar-refractivity contribution in [2.24, 2.45) is 24.8 Å². The lowest BCUT2D eigenvalue weighted by atomic mass is 9.68. The fraction of sp³-hybridized carbons (Fsp3) is 0.545. The third kappa shape index (κ3) is 6.21. The molecule has 10 nitrogen and oxygen atoms in total. The molecule has 2 saturated carbocycles. The summed E-state index contributed by atoms with van der Waals surface area (Å²) in [7, 11) is -0.495. The number of carbonyl (C=O) groups is 2. The average Bonchev–Trinajstić information content (AvgIpc) is 3.28. The molecule has 2 aromatic carbocycles. The van der Waals surface area contributed by atoms with Crippen LogP contribution < -0.4 is 9.62 Å². The van der Waals surface area contributed by atoms with Crippen LogP contribution in [0.1, 0.15) is 76.1 Å². The Morgan fingerprint density at radius 2 is 1.68 bits per heavy atom. The van der Waals surface area contributed by atoms with Crippen molar-refractivity contribution in [1.29, 1.82) is 0 Å². The Kier molecular flexibility index (Phi) is 8.83. The second kappa shape index (κ2) is 12.2. The van der Waals surface area contributed by atoms with Gasteiger partial charge in [0.15, 0.2) is 0 Å². The van der Waals surface area contributed by atoms with Crippen LogP contribution in [0.3, 0.4) is 0 Å². The van der Waals surface area contributed by atoms with Gasteiger partial charge in [-0.15, -0.1) is 0 Å². The number of imidazole rings is 1. The van der Waals surface area contributed by atoms with E-state index in [1.165, 1.54) is 11.4 Å². The van der Waals surface area contributed by atoms with Gasteiger partial charge in [0.2, 0.25) is 5.91 Å². The largest absolute Gasteiger partial charge is 0.481 e. The molecule has 0 radical (unpaired) electrons. The number of nitrogens with one attached hydrogen (secondary N) is 1. The van der Waals surface area contributed by atoms with Crippen LogP contribution in [-0.2, 0) is 26.7 Å². The van der Waals surface area contributed by atoms with Crippen molar-refractivity contribution in [1.82, 2.24) is 14.9 Å². The molecule has 0 saturated heterocycles. The van der Waals surface area contributed by atoms with Crippen molar-refractivity contribution >= 4 is 38.6 Å². The van der Waals surface area contributed by atoms with E-state index >= 15 is 0 Å². The first kappa shape index (κ1) is 32.0. The van der Waals surface area contributed by atoms with E-state index in [2.05, 4.69) is 10.3 Å². The zero-order valence-electron chi connectivity index (χ0n) is 26.2. The fourth-order valence-electron chi connectivity index (χ4n) is 7.15. The number of fused-ring (bicyclic) bond motifs is 1. The van der Waals surface area contributed by atoms with Crippen LogP contribution in [0.15, 0.2) is 47.4 Å². The predicted octanol–water partition coefficient (Wildman–Crippen LogP) is 4.74. The lowest BCUT2D eigenvalue weighted by molar-refractivity contribution is -0.150. The molecular formula is C33H44N4O6S. The Bertz CT molecular complexity index is 1630. The predicted molar refractivity (Wildman–Crippen MR) is 169 cm³/mol. The van der Waals surface area contributed by atoms with E-state index in [1.807, 2.05) is 32.4 Å². The van der Waals surface area contributed by atoms with Crippen LogP contribution >= 0.6 is 0 Å². The van der Waals surface area contributed by atoms with E-state index in [4.69, 9.17) is 0 Å². The third-order valence-corrected chi connectivity index (χ3v) is 11.8. The topological polar surface area (TPSA) is 142 Å². The number of aryl methyl sites for hydroxylation is 2. The molecule has 44 heavy (non-hydrogen) atoms. The monoisotopic (exact) mass is 624 g/mol. The summed E-state index contributed by atoms with van der Waals surface area (Å²) in [6.45, 7) is 5.51. The van der Waals surface area contributed by atoms with Crippen LogP contribution in [0.4, 0.5) is 5.69 Å². The first-order valence-electron chi connectivity index (χ1n) is 15.5. The number of nitrogens with zero attached hydrogens (tertiary/aromatic N) is 3. The van der Waals surface area contributed by atoms with Gasteiger partial charge in [-0.2, -0.15) is 0 Å². The number of hydrogen-bond donors (Lipinski definition) is 3. The van der Waals surface area contributed by atoms with Gasteiger partial charge >= 0.3 is 5.97 Å². The minimum Gasteiger partial charge on any atom is -0.481 e. The van der Waals surface area contributed by atoms with Crippen molar-refractivity contribution in [3.05, 3.63) is 53.9 Å². The normalized spacial score (nSPS) is 24.6. The van der Waals surface area contributed by atoms with Gasteiger partial charge in [0.25, 0.3) is 10.0 Å². The van der Waals surface area contributed by atoms with E-state index in [-0.39, 0.29) is 28.7 Å². The molecule has 2 fully saturated rings. The first-order valence-corrected chi connectivity index (χ1v) is 16.9. The smallest absolute Gasteiger partial charge is 0.307 e. The van der Waals surface area contributed by atoms with Gasteiger partial charge in [-0.3, -0.25) is 13.9 Å². The third-order valence-electron chi connectivity index (χ3n) is 10.0. The van der Waals surface area contributed by atoms with Crippen LogP contribution in [0.25, 0.3) is 11.0 Å². The van der Waals surface area contributed by atoms with E-state index in [0.717, 1.165) is 49.0 Å². The summed E-state index contributed by atoms with van der Waals surface area (Å²) in [6.07, 6.45) is 5.04. The fourth-order valence-corrected chi connectivity index (χ4v) is 8.37. The number of sulfonamides is 1. The standard InChI is InChI=1S/C33H44N4O6S/c1-20-34-28-19-25(17-18-29(28)36(20)4)44(42,43)37(5)24-15-9-21(10-16-24)26-7-6-8-27(30(26)32(39)40)31(38)35-23-13-11-22(12-14-23)33(2,3)41/h9-10,15-19,22-23,26-27,30,41H,6-8,11-14H2,1-5H3,(H,35,38)(H,39,40)/t22?,23?,26-,27-,30-/m1/s1. The average molecular weight is 625 g/mol. The number of anilines is 1. The first-order chi connectivity index (χ1) is 20.7. The van der Waals surface area contributed by atoms with Crippen molar-refractivity contribution in [3.63, 3.8) is 0 Å². The Morgan fingerprint density at radius 1 is 1.02 bits per heavy atom. The van der Waals surface area contributed by atoms with E-state index in [0.29, 0.717) is 24.0 Å². The maximum Gasteiger partial charge on any atom is 0.307 e. The molecule has 2 aliphatic carbocycles. The van der Waals surface area contributed by atoms with E-state index in [9.17, 15) is 28.2 Å². The molecule has 2 aliphatic rings. The number of benzene rings is 2. The van der Waals surface area contributed by atoms with Crippen LogP contribution in [0.5, 0.6) is 0 Å². The SMILES string of the molecule is Cc1nc2cc(S(=O)(=O)N(C)c3ccc([C@H]4CCC[C@@H](C(=O)NC5CCC(C(C)(C)O)CC5)[C@@H]4C(=O)O)cc3)ccc2n1C. The highest BCUT2D eigenvalue weighted by atomic mass is 32.2. The molecule has 3 atom stereocenters. The summed E-state index contributed by atoms with van der Waals surface area (Å²) < 4.78 is 30.1. The number of carboxylic acid groups (broad SMARTS) is 1. The van der Waals surface area contributed by atoms with Gasteiger partial charge < -0.3 is 20.1 Å². The van der Waals surface area contributed by atoms with E-state index < -0.39 is 33.4 Å². The number of amides is 1. The minimum atomic E-state index is -3.87. The lowest BCUT2D eigenvalue weighted by Gasteiger charge is -2.38. The number of carbonyl (C=O) groups excluding carboxylic acids is 1. The van der Waals surface area contributed by atoms with Gasteiger partial charge in [0.1, 0.15) is 5.82 Å².